The van der Waals surface area contributed by atoms with Crippen LogP contribution in [0.2, 0.25) is 0 Å². The van der Waals surface area contributed by atoms with Crippen LogP contribution in [-0.4, -0.2) is 24.5 Å². The first-order valence-electron chi connectivity index (χ1n) is 5.59. The molecule has 0 radical (unpaired) electrons. The van der Waals surface area contributed by atoms with Crippen LogP contribution >= 0.6 is 0 Å². The molecule has 1 rings (SSSR count). The highest BCUT2D eigenvalue weighted by molar-refractivity contribution is 4.72. The molecule has 1 fully saturated rings. The molecule has 1 nitrogen and oxygen atoms in total. The molecule has 0 bridgehead atoms. The number of unbranched alkanes of at least 4 members (excludes halogenated alkanes) is 1. The lowest BCUT2D eigenvalue weighted by molar-refractivity contribution is 0.295. The van der Waals surface area contributed by atoms with Crippen LogP contribution in [0.25, 0.3) is 0 Å². The van der Waals surface area contributed by atoms with Crippen LogP contribution in [0.1, 0.15) is 46.0 Å². The fourth-order valence-electron chi connectivity index (χ4n) is 1.71. The molecule has 0 aliphatic heterocycles. The van der Waals surface area contributed by atoms with E-state index in [-0.39, 0.29) is 0 Å². The zero-order chi connectivity index (χ0) is 8.81. The lowest BCUT2D eigenvalue weighted by atomic mass is 10.2. The predicted molar refractivity (Wildman–Crippen MR) is 54.4 cm³/mol. The summed E-state index contributed by atoms with van der Waals surface area (Å²) < 4.78 is 0. The van der Waals surface area contributed by atoms with Gasteiger partial charge in [0.25, 0.3) is 0 Å². The fraction of sp³-hybridized carbons (Fsp3) is 1.00. The van der Waals surface area contributed by atoms with Gasteiger partial charge < -0.3 is 4.90 Å². The zero-order valence-corrected chi connectivity index (χ0v) is 8.68. The molecule has 1 aliphatic rings. The summed E-state index contributed by atoms with van der Waals surface area (Å²) in [5.74, 6) is 1.13. The van der Waals surface area contributed by atoms with Gasteiger partial charge in [0.15, 0.2) is 0 Å². The van der Waals surface area contributed by atoms with Crippen molar-refractivity contribution in [2.45, 2.75) is 46.0 Å². The van der Waals surface area contributed by atoms with Crippen molar-refractivity contribution in [3.05, 3.63) is 0 Å². The fourth-order valence-corrected chi connectivity index (χ4v) is 1.71. The summed E-state index contributed by atoms with van der Waals surface area (Å²) in [5.41, 5.74) is 0. The summed E-state index contributed by atoms with van der Waals surface area (Å²) in [7, 11) is 0. The van der Waals surface area contributed by atoms with E-state index in [4.69, 9.17) is 0 Å². The highest BCUT2D eigenvalue weighted by atomic mass is 15.1. The maximum Gasteiger partial charge on any atom is -0.00190 e. The van der Waals surface area contributed by atoms with Gasteiger partial charge in [-0.15, -0.1) is 0 Å². The molecule has 0 heterocycles. The second-order valence-electron chi connectivity index (χ2n) is 3.97. The molecule has 1 aliphatic carbocycles. The van der Waals surface area contributed by atoms with E-state index in [2.05, 4.69) is 18.7 Å². The largest absolute Gasteiger partial charge is 0.304 e. The molecule has 0 aromatic rings. The Morgan fingerprint density at radius 2 is 1.75 bits per heavy atom. The summed E-state index contributed by atoms with van der Waals surface area (Å²) in [6, 6.07) is 0. The van der Waals surface area contributed by atoms with Crippen molar-refractivity contribution in [2.24, 2.45) is 5.92 Å². The van der Waals surface area contributed by atoms with Crippen molar-refractivity contribution in [1.82, 2.24) is 4.90 Å². The average Bonchev–Trinajstić information content (AvgIpc) is 2.89. The van der Waals surface area contributed by atoms with Crippen LogP contribution in [0.3, 0.4) is 0 Å². The van der Waals surface area contributed by atoms with Gasteiger partial charge in [-0.2, -0.15) is 0 Å². The van der Waals surface area contributed by atoms with Gasteiger partial charge in [0, 0.05) is 0 Å². The molecule has 0 unspecified atom stereocenters. The molecule has 0 aromatic heterocycles. The molecule has 0 amide bonds. The van der Waals surface area contributed by atoms with Crippen LogP contribution in [0, 0.1) is 5.92 Å². The Hall–Kier alpha value is -0.0400. The van der Waals surface area contributed by atoms with Gasteiger partial charge in [-0.1, -0.05) is 39.5 Å². The summed E-state index contributed by atoms with van der Waals surface area (Å²) >= 11 is 0. The van der Waals surface area contributed by atoms with Gasteiger partial charge in [-0.05, 0) is 32.0 Å². The summed E-state index contributed by atoms with van der Waals surface area (Å²) in [6.45, 7) is 8.27. The molecule has 0 N–H and O–H groups in total. The van der Waals surface area contributed by atoms with Crippen LogP contribution in [0.15, 0.2) is 0 Å². The van der Waals surface area contributed by atoms with Gasteiger partial charge in [-0.3, -0.25) is 0 Å². The van der Waals surface area contributed by atoms with E-state index in [1.54, 1.807) is 0 Å². The summed E-state index contributed by atoms with van der Waals surface area (Å²) in [5, 5.41) is 0. The summed E-state index contributed by atoms with van der Waals surface area (Å²) in [4.78, 5) is 2.52. The van der Waals surface area contributed by atoms with Crippen molar-refractivity contribution in [3.8, 4) is 0 Å². The monoisotopic (exact) mass is 169 g/mol. The molecular formula is C11H23N. The first-order chi connectivity index (χ1) is 5.86. The van der Waals surface area contributed by atoms with E-state index in [9.17, 15) is 0 Å². The van der Waals surface area contributed by atoms with E-state index < -0.39 is 0 Å². The Labute approximate surface area is 77.1 Å². The summed E-state index contributed by atoms with van der Waals surface area (Å²) in [6.07, 6.45) is 7.41. The van der Waals surface area contributed by atoms with Crippen LogP contribution in [-0.2, 0) is 0 Å². The minimum Gasteiger partial charge on any atom is -0.304 e. The zero-order valence-electron chi connectivity index (χ0n) is 8.68. The van der Waals surface area contributed by atoms with E-state index in [0.717, 1.165) is 5.92 Å². The first kappa shape index (κ1) is 10.0. The third kappa shape index (κ3) is 4.10. The quantitative estimate of drug-likeness (QED) is 0.530. The lowest BCUT2D eigenvalue weighted by Gasteiger charge is -2.17. The molecule has 0 aromatic carbocycles. The second kappa shape index (κ2) is 5.58. The van der Waals surface area contributed by atoms with Gasteiger partial charge >= 0.3 is 0 Å². The number of hydrogen-bond acceptors (Lipinski definition) is 1. The Kier molecular flexibility index (Phi) is 4.67. The molecule has 0 saturated heterocycles. The molecule has 72 valence electrons. The second-order valence-corrected chi connectivity index (χ2v) is 3.97. The Bertz CT molecular complexity index is 104. The number of rotatable bonds is 7. The number of nitrogens with zero attached hydrogens (tertiary/aromatic N) is 1. The van der Waals surface area contributed by atoms with E-state index >= 15 is 0 Å². The third-order valence-electron chi connectivity index (χ3n) is 2.93. The molecule has 0 spiro atoms. The molecule has 1 heteroatoms. The Morgan fingerprint density at radius 3 is 2.25 bits per heavy atom. The normalized spacial score (nSPS) is 17.2. The van der Waals surface area contributed by atoms with Crippen LogP contribution in [0.5, 0.6) is 0 Å². The Morgan fingerprint density at radius 1 is 1.08 bits per heavy atom. The van der Waals surface area contributed by atoms with Gasteiger partial charge in [0.2, 0.25) is 0 Å². The minimum atomic E-state index is 1.13. The van der Waals surface area contributed by atoms with Crippen molar-refractivity contribution >= 4 is 0 Å². The molecule has 12 heavy (non-hydrogen) atoms. The highest BCUT2D eigenvalue weighted by Crippen LogP contribution is 2.33. The average molecular weight is 169 g/mol. The molecular weight excluding hydrogens is 146 g/mol. The highest BCUT2D eigenvalue weighted by Gasteiger charge is 2.19. The topological polar surface area (TPSA) is 3.24 Å². The van der Waals surface area contributed by atoms with E-state index in [1.165, 1.54) is 51.7 Å². The minimum absolute atomic E-state index is 1.13. The number of hydrogen-bond donors (Lipinski definition) is 0. The van der Waals surface area contributed by atoms with Crippen LogP contribution in [0.4, 0.5) is 0 Å². The van der Waals surface area contributed by atoms with E-state index in [0.29, 0.717) is 0 Å². The van der Waals surface area contributed by atoms with Gasteiger partial charge in [0.05, 0.1) is 0 Å². The maximum absolute atomic E-state index is 2.52. The van der Waals surface area contributed by atoms with Gasteiger partial charge in [0.1, 0.15) is 0 Å². The molecule has 0 atom stereocenters. The third-order valence-corrected chi connectivity index (χ3v) is 2.93. The SMILES string of the molecule is CCN(CC)CCCCC1CC1. The van der Waals surface area contributed by atoms with Crippen molar-refractivity contribution in [3.63, 3.8) is 0 Å². The standard InChI is InChI=1S/C11H23N/c1-3-12(4-2)10-6-5-7-11-8-9-11/h11H,3-10H2,1-2H3. The lowest BCUT2D eigenvalue weighted by Crippen LogP contribution is -2.23. The van der Waals surface area contributed by atoms with Crippen molar-refractivity contribution in [2.75, 3.05) is 19.6 Å². The van der Waals surface area contributed by atoms with Crippen molar-refractivity contribution < 1.29 is 0 Å². The van der Waals surface area contributed by atoms with Crippen LogP contribution < -0.4 is 0 Å². The maximum atomic E-state index is 2.52. The first-order valence-corrected chi connectivity index (χ1v) is 5.59. The Balaban J connectivity index is 1.85. The molecule has 1 saturated carbocycles. The van der Waals surface area contributed by atoms with E-state index in [1.807, 2.05) is 0 Å². The van der Waals surface area contributed by atoms with Crippen molar-refractivity contribution in [1.29, 1.82) is 0 Å². The predicted octanol–water partition coefficient (Wildman–Crippen LogP) is 2.91. The van der Waals surface area contributed by atoms with Gasteiger partial charge in [-0.25, -0.2) is 0 Å². The smallest absolute Gasteiger partial charge is 0.00190 e.